The fourth-order valence-corrected chi connectivity index (χ4v) is 4.03. The number of rotatable bonds is 5. The summed E-state index contributed by atoms with van der Waals surface area (Å²) >= 11 is 6.07. The number of hydrogen-bond donors (Lipinski definition) is 2. The summed E-state index contributed by atoms with van der Waals surface area (Å²) in [5, 5.41) is 15.2. The smallest absolute Gasteiger partial charge is 0.410 e. The molecule has 2 N–H and O–H groups in total. The number of benzene rings is 1. The monoisotopic (exact) mass is 460 g/mol. The number of nitrogens with one attached hydrogen (secondary N) is 1. The summed E-state index contributed by atoms with van der Waals surface area (Å²) in [5.74, 6) is 0.792. The Kier molecular flexibility index (Phi) is 7.30. The molecule has 7 nitrogen and oxygen atoms in total. The van der Waals surface area contributed by atoms with E-state index in [1.807, 2.05) is 45.9 Å². The molecule has 1 fully saturated rings. The minimum Gasteiger partial charge on any atom is -0.444 e. The lowest BCUT2D eigenvalue weighted by molar-refractivity contribution is 0.0200. The highest BCUT2D eigenvalue weighted by Crippen LogP contribution is 2.34. The van der Waals surface area contributed by atoms with Crippen LogP contribution >= 0.6 is 11.6 Å². The van der Waals surface area contributed by atoms with E-state index in [0.29, 0.717) is 29.5 Å². The molecule has 1 amide bonds. The number of piperidine rings is 1. The molecule has 0 bridgehead atoms. The van der Waals surface area contributed by atoms with Gasteiger partial charge in [0, 0.05) is 48.0 Å². The second-order valence-electron chi connectivity index (χ2n) is 9.60. The molecule has 1 aliphatic rings. The van der Waals surface area contributed by atoms with Crippen LogP contribution in [0.15, 0.2) is 30.5 Å². The van der Waals surface area contributed by atoms with Gasteiger partial charge in [-0.15, -0.1) is 0 Å². The number of halogens is 1. The highest BCUT2D eigenvalue weighted by molar-refractivity contribution is 6.30. The molecular weight excluding hydrogens is 428 g/mol. The largest absolute Gasteiger partial charge is 0.444 e. The van der Waals surface area contributed by atoms with Crippen molar-refractivity contribution in [3.8, 4) is 0 Å². The van der Waals surface area contributed by atoms with E-state index >= 15 is 0 Å². The standard InChI is InChI=1S/C24H33ClN4O3/c1-16-26-14-20(24(5,31)15-27-19-8-6-7-18(25)13-19)21(28-16)17-9-11-29(12-10-17)22(30)32-23(2,3)4/h6-8,13-14,17,27,31H,9-12,15H2,1-5H3. The number of ether oxygens (including phenoxy) is 1. The van der Waals surface area contributed by atoms with Crippen molar-refractivity contribution < 1.29 is 14.6 Å². The van der Waals surface area contributed by atoms with E-state index in [1.54, 1.807) is 24.1 Å². The van der Waals surface area contributed by atoms with Gasteiger partial charge in [-0.1, -0.05) is 17.7 Å². The number of anilines is 1. The summed E-state index contributed by atoms with van der Waals surface area (Å²) in [4.78, 5) is 23.2. The van der Waals surface area contributed by atoms with Gasteiger partial charge < -0.3 is 20.1 Å². The molecule has 0 aliphatic carbocycles. The quantitative estimate of drug-likeness (QED) is 0.661. The predicted molar refractivity (Wildman–Crippen MR) is 126 cm³/mol. The van der Waals surface area contributed by atoms with E-state index in [9.17, 15) is 9.90 Å². The number of carbonyl (C=O) groups is 1. The van der Waals surface area contributed by atoms with Gasteiger partial charge in [0.25, 0.3) is 0 Å². The third-order valence-corrected chi connectivity index (χ3v) is 5.75. The number of aliphatic hydroxyl groups is 1. The Bertz CT molecular complexity index is 951. The molecule has 1 atom stereocenters. The first-order valence-electron chi connectivity index (χ1n) is 11.0. The molecule has 2 aromatic rings. The average molecular weight is 461 g/mol. The van der Waals surface area contributed by atoms with Crippen LogP contribution in [0.2, 0.25) is 5.02 Å². The van der Waals surface area contributed by atoms with Crippen molar-refractivity contribution in [3.63, 3.8) is 0 Å². The van der Waals surface area contributed by atoms with Crippen LogP contribution < -0.4 is 5.32 Å². The second kappa shape index (κ2) is 9.63. The summed E-state index contributed by atoms with van der Waals surface area (Å²) in [6.07, 6.45) is 2.94. The summed E-state index contributed by atoms with van der Waals surface area (Å²) in [5.41, 5.74) is 0.679. The van der Waals surface area contributed by atoms with Crippen LogP contribution in [0.5, 0.6) is 0 Å². The van der Waals surface area contributed by atoms with Crippen molar-refractivity contribution in [1.29, 1.82) is 0 Å². The fourth-order valence-electron chi connectivity index (χ4n) is 3.84. The van der Waals surface area contributed by atoms with Crippen LogP contribution in [0.1, 0.15) is 63.5 Å². The maximum atomic E-state index is 12.4. The number of aromatic nitrogens is 2. The van der Waals surface area contributed by atoms with Crippen LogP contribution in [0.25, 0.3) is 0 Å². The molecule has 1 aliphatic heterocycles. The van der Waals surface area contributed by atoms with Crippen LogP contribution in [0.3, 0.4) is 0 Å². The lowest BCUT2D eigenvalue weighted by Gasteiger charge is -2.35. The first kappa shape index (κ1) is 24.3. The Labute approximate surface area is 195 Å². The third-order valence-electron chi connectivity index (χ3n) is 5.51. The summed E-state index contributed by atoms with van der Waals surface area (Å²) in [7, 11) is 0. The molecule has 32 heavy (non-hydrogen) atoms. The normalized spacial score (nSPS) is 17.0. The average Bonchev–Trinajstić information content (AvgIpc) is 2.71. The van der Waals surface area contributed by atoms with Gasteiger partial charge in [0.1, 0.15) is 17.0 Å². The van der Waals surface area contributed by atoms with Crippen LogP contribution in [0, 0.1) is 6.92 Å². The molecule has 0 saturated carbocycles. The molecule has 8 heteroatoms. The lowest BCUT2D eigenvalue weighted by Crippen LogP contribution is -2.42. The van der Waals surface area contributed by atoms with Crippen LogP contribution in [-0.4, -0.2) is 51.3 Å². The molecule has 0 spiro atoms. The van der Waals surface area contributed by atoms with Gasteiger partial charge in [-0.3, -0.25) is 0 Å². The van der Waals surface area contributed by atoms with Gasteiger partial charge in [-0.2, -0.15) is 0 Å². The fraction of sp³-hybridized carbons (Fsp3) is 0.542. The highest BCUT2D eigenvalue weighted by atomic mass is 35.5. The van der Waals surface area contributed by atoms with Gasteiger partial charge in [0.05, 0.1) is 5.69 Å². The molecular formula is C24H33ClN4O3. The Morgan fingerprint density at radius 3 is 2.59 bits per heavy atom. The van der Waals surface area contributed by atoms with Gasteiger partial charge in [-0.25, -0.2) is 14.8 Å². The molecule has 174 valence electrons. The zero-order valence-electron chi connectivity index (χ0n) is 19.5. The van der Waals surface area contributed by atoms with E-state index in [0.717, 1.165) is 24.2 Å². The summed E-state index contributed by atoms with van der Waals surface area (Å²) in [6, 6.07) is 7.39. The van der Waals surface area contributed by atoms with Gasteiger partial charge in [-0.05, 0) is 65.7 Å². The van der Waals surface area contributed by atoms with Crippen molar-refractivity contribution in [2.75, 3.05) is 25.0 Å². The van der Waals surface area contributed by atoms with Crippen molar-refractivity contribution in [3.05, 3.63) is 52.6 Å². The number of nitrogens with zero attached hydrogens (tertiary/aromatic N) is 3. The minimum atomic E-state index is -1.19. The third kappa shape index (κ3) is 6.33. The Hall–Kier alpha value is -2.38. The molecule has 2 heterocycles. The van der Waals surface area contributed by atoms with Crippen molar-refractivity contribution in [1.82, 2.24) is 14.9 Å². The van der Waals surface area contributed by atoms with Crippen molar-refractivity contribution in [2.45, 2.75) is 64.6 Å². The predicted octanol–water partition coefficient (Wildman–Crippen LogP) is 4.87. The zero-order chi connectivity index (χ0) is 23.5. The highest BCUT2D eigenvalue weighted by Gasteiger charge is 2.34. The van der Waals surface area contributed by atoms with E-state index in [2.05, 4.69) is 10.3 Å². The van der Waals surface area contributed by atoms with Crippen molar-refractivity contribution in [2.24, 2.45) is 0 Å². The SMILES string of the molecule is Cc1ncc(C(C)(O)CNc2cccc(Cl)c2)c(C2CCN(C(=O)OC(C)(C)C)CC2)n1. The molecule has 0 radical (unpaired) electrons. The summed E-state index contributed by atoms with van der Waals surface area (Å²) in [6.45, 7) is 10.7. The van der Waals surface area contributed by atoms with E-state index < -0.39 is 11.2 Å². The first-order valence-corrected chi connectivity index (χ1v) is 11.4. The molecule has 1 aromatic heterocycles. The van der Waals surface area contributed by atoms with Gasteiger partial charge in [0.2, 0.25) is 0 Å². The van der Waals surface area contributed by atoms with E-state index in [1.165, 1.54) is 0 Å². The van der Waals surface area contributed by atoms with Gasteiger partial charge in [0.15, 0.2) is 0 Å². The molecule has 1 unspecified atom stereocenters. The number of aryl methyl sites for hydroxylation is 1. The van der Waals surface area contributed by atoms with Gasteiger partial charge >= 0.3 is 6.09 Å². The lowest BCUT2D eigenvalue weighted by atomic mass is 9.85. The van der Waals surface area contributed by atoms with Crippen molar-refractivity contribution >= 4 is 23.4 Å². The summed E-state index contributed by atoms with van der Waals surface area (Å²) < 4.78 is 5.50. The number of hydrogen-bond acceptors (Lipinski definition) is 6. The molecule has 1 saturated heterocycles. The zero-order valence-corrected chi connectivity index (χ0v) is 20.2. The maximum Gasteiger partial charge on any atom is 0.410 e. The Balaban J connectivity index is 1.73. The van der Waals surface area contributed by atoms with E-state index in [-0.39, 0.29) is 18.6 Å². The molecule has 3 rings (SSSR count). The maximum absolute atomic E-state index is 12.4. The topological polar surface area (TPSA) is 87.6 Å². The Morgan fingerprint density at radius 2 is 1.97 bits per heavy atom. The number of amides is 1. The van der Waals surface area contributed by atoms with Crippen LogP contribution in [-0.2, 0) is 10.3 Å². The minimum absolute atomic E-state index is 0.128. The first-order chi connectivity index (χ1) is 14.9. The number of carbonyl (C=O) groups excluding carboxylic acids is 1. The van der Waals surface area contributed by atoms with Crippen LogP contribution in [0.4, 0.5) is 10.5 Å². The number of likely N-dealkylation sites (tertiary alicyclic amines) is 1. The van der Waals surface area contributed by atoms with E-state index in [4.69, 9.17) is 21.3 Å². The molecule has 1 aromatic carbocycles. The second-order valence-corrected chi connectivity index (χ2v) is 10.0. The Morgan fingerprint density at radius 1 is 1.28 bits per heavy atom.